The highest BCUT2D eigenvalue weighted by molar-refractivity contribution is 6.02. The summed E-state index contributed by atoms with van der Waals surface area (Å²) in [6.07, 6.45) is 0. The lowest BCUT2D eigenvalue weighted by Crippen LogP contribution is -2.14. The summed E-state index contributed by atoms with van der Waals surface area (Å²) in [6, 6.07) is 17.5. The van der Waals surface area contributed by atoms with Gasteiger partial charge in [0.1, 0.15) is 5.82 Å². The first-order valence-electron chi connectivity index (χ1n) is 7.32. The number of halogens is 1. The van der Waals surface area contributed by atoms with E-state index in [-0.39, 0.29) is 11.5 Å². The number of carbonyl (C=O) groups is 1. The van der Waals surface area contributed by atoms with Crippen LogP contribution in [0.3, 0.4) is 0 Å². The predicted molar refractivity (Wildman–Crippen MR) is 90.8 cm³/mol. The Morgan fingerprint density at radius 3 is 2.20 bits per heavy atom. The van der Waals surface area contributed by atoms with E-state index in [1.165, 1.54) is 30.3 Å². The second-order valence-corrected chi connectivity index (χ2v) is 5.08. The van der Waals surface area contributed by atoms with Crippen molar-refractivity contribution in [3.63, 3.8) is 0 Å². The van der Waals surface area contributed by atoms with Gasteiger partial charge in [0.05, 0.1) is 11.6 Å². The van der Waals surface area contributed by atoms with Crippen molar-refractivity contribution < 1.29 is 9.18 Å². The summed E-state index contributed by atoms with van der Waals surface area (Å²) in [7, 11) is 0. The first-order valence-corrected chi connectivity index (χ1v) is 7.32. The molecule has 122 valence electrons. The van der Waals surface area contributed by atoms with Crippen LogP contribution in [0.5, 0.6) is 0 Å². The maximum atomic E-state index is 12.9. The van der Waals surface area contributed by atoms with E-state index in [0.29, 0.717) is 17.1 Å². The van der Waals surface area contributed by atoms with E-state index in [1.807, 2.05) is 6.07 Å². The predicted octanol–water partition coefficient (Wildman–Crippen LogP) is 3.48. The van der Waals surface area contributed by atoms with Crippen LogP contribution < -0.4 is 10.6 Å². The minimum absolute atomic E-state index is 0.134. The molecular formula is C18H12FN5O. The van der Waals surface area contributed by atoms with E-state index < -0.39 is 5.91 Å². The van der Waals surface area contributed by atoms with Crippen molar-refractivity contribution in [1.29, 1.82) is 5.26 Å². The van der Waals surface area contributed by atoms with E-state index in [9.17, 15) is 9.18 Å². The Kier molecular flexibility index (Phi) is 4.62. The average Bonchev–Trinajstić information content (AvgIpc) is 2.65. The quantitative estimate of drug-likeness (QED) is 0.763. The molecule has 0 saturated heterocycles. The highest BCUT2D eigenvalue weighted by atomic mass is 19.1. The normalized spacial score (nSPS) is 9.92. The molecule has 25 heavy (non-hydrogen) atoms. The molecule has 6 nitrogen and oxygen atoms in total. The second-order valence-electron chi connectivity index (χ2n) is 5.08. The van der Waals surface area contributed by atoms with Crippen molar-refractivity contribution in [1.82, 2.24) is 10.2 Å². The summed E-state index contributed by atoms with van der Waals surface area (Å²) in [5.74, 6) is -0.358. The summed E-state index contributed by atoms with van der Waals surface area (Å²) in [4.78, 5) is 12.1. The molecule has 0 radical (unpaired) electrons. The third kappa shape index (κ3) is 4.14. The van der Waals surface area contributed by atoms with Crippen molar-refractivity contribution in [3.05, 3.63) is 77.7 Å². The SMILES string of the molecule is N#Cc1ccc(Nc2ccc(C(=O)Nc3ccc(F)cc3)nn2)cc1. The molecule has 1 aromatic heterocycles. The van der Waals surface area contributed by atoms with Gasteiger partial charge in [-0.1, -0.05) is 0 Å². The van der Waals surface area contributed by atoms with Crippen LogP contribution in [0, 0.1) is 17.1 Å². The summed E-state index contributed by atoms with van der Waals surface area (Å²) < 4.78 is 12.9. The minimum atomic E-state index is -0.441. The van der Waals surface area contributed by atoms with E-state index in [4.69, 9.17) is 5.26 Å². The molecule has 0 bridgehead atoms. The summed E-state index contributed by atoms with van der Waals surface area (Å²) >= 11 is 0. The van der Waals surface area contributed by atoms with Gasteiger partial charge in [-0.2, -0.15) is 5.26 Å². The molecule has 0 atom stereocenters. The van der Waals surface area contributed by atoms with Crippen LogP contribution in [0.2, 0.25) is 0 Å². The monoisotopic (exact) mass is 333 g/mol. The number of hydrogen-bond donors (Lipinski definition) is 2. The van der Waals surface area contributed by atoms with E-state index in [2.05, 4.69) is 20.8 Å². The van der Waals surface area contributed by atoms with Crippen LogP contribution in [0.15, 0.2) is 60.7 Å². The Hall–Kier alpha value is -3.79. The molecule has 3 rings (SSSR count). The van der Waals surface area contributed by atoms with Crippen LogP contribution in [-0.4, -0.2) is 16.1 Å². The number of rotatable bonds is 4. The molecule has 0 aliphatic heterocycles. The molecule has 0 fully saturated rings. The number of hydrogen-bond acceptors (Lipinski definition) is 5. The van der Waals surface area contributed by atoms with Gasteiger partial charge in [0.15, 0.2) is 11.5 Å². The van der Waals surface area contributed by atoms with Gasteiger partial charge >= 0.3 is 0 Å². The minimum Gasteiger partial charge on any atom is -0.339 e. The zero-order valence-electron chi connectivity index (χ0n) is 12.9. The van der Waals surface area contributed by atoms with Crippen LogP contribution in [0.25, 0.3) is 0 Å². The Morgan fingerprint density at radius 2 is 1.60 bits per heavy atom. The zero-order valence-corrected chi connectivity index (χ0v) is 12.9. The zero-order chi connectivity index (χ0) is 17.6. The Labute approximate surface area is 143 Å². The fourth-order valence-corrected chi connectivity index (χ4v) is 2.02. The van der Waals surface area contributed by atoms with Gasteiger partial charge < -0.3 is 10.6 Å². The molecule has 3 aromatic rings. The van der Waals surface area contributed by atoms with Gasteiger partial charge in [0.25, 0.3) is 5.91 Å². The highest BCUT2D eigenvalue weighted by Crippen LogP contribution is 2.15. The molecule has 1 amide bonds. The number of benzene rings is 2. The van der Waals surface area contributed by atoms with Crippen molar-refractivity contribution in [2.24, 2.45) is 0 Å². The van der Waals surface area contributed by atoms with Gasteiger partial charge in [-0.25, -0.2) is 4.39 Å². The number of nitrogens with zero attached hydrogens (tertiary/aromatic N) is 3. The second kappa shape index (κ2) is 7.19. The van der Waals surface area contributed by atoms with E-state index in [0.717, 1.165) is 5.69 Å². The van der Waals surface area contributed by atoms with Crippen LogP contribution in [0.1, 0.15) is 16.1 Å². The smallest absolute Gasteiger partial charge is 0.276 e. The van der Waals surface area contributed by atoms with E-state index in [1.54, 1.807) is 30.3 Å². The molecule has 0 saturated carbocycles. The van der Waals surface area contributed by atoms with Crippen LogP contribution in [-0.2, 0) is 0 Å². The number of carbonyl (C=O) groups excluding carboxylic acids is 1. The molecular weight excluding hydrogens is 321 g/mol. The highest BCUT2D eigenvalue weighted by Gasteiger charge is 2.09. The van der Waals surface area contributed by atoms with Crippen LogP contribution >= 0.6 is 0 Å². The van der Waals surface area contributed by atoms with Crippen molar-refractivity contribution in [2.75, 3.05) is 10.6 Å². The molecule has 7 heteroatoms. The largest absolute Gasteiger partial charge is 0.339 e. The number of nitriles is 1. The van der Waals surface area contributed by atoms with Gasteiger partial charge in [0.2, 0.25) is 0 Å². The molecule has 2 N–H and O–H groups in total. The maximum absolute atomic E-state index is 12.9. The van der Waals surface area contributed by atoms with Gasteiger partial charge in [-0.3, -0.25) is 4.79 Å². The van der Waals surface area contributed by atoms with Crippen molar-refractivity contribution in [2.45, 2.75) is 0 Å². The molecule has 0 spiro atoms. The lowest BCUT2D eigenvalue weighted by molar-refractivity contribution is 0.102. The van der Waals surface area contributed by atoms with Gasteiger partial charge in [0, 0.05) is 11.4 Å². The number of amides is 1. The van der Waals surface area contributed by atoms with Crippen molar-refractivity contribution in [3.8, 4) is 6.07 Å². The summed E-state index contributed by atoms with van der Waals surface area (Å²) in [5.41, 5.74) is 1.91. The first kappa shape index (κ1) is 16.1. The molecule has 0 unspecified atom stereocenters. The Morgan fingerprint density at radius 1 is 0.920 bits per heavy atom. The lowest BCUT2D eigenvalue weighted by atomic mass is 10.2. The van der Waals surface area contributed by atoms with Crippen LogP contribution in [0.4, 0.5) is 21.6 Å². The third-order valence-electron chi connectivity index (χ3n) is 3.29. The van der Waals surface area contributed by atoms with E-state index >= 15 is 0 Å². The summed E-state index contributed by atoms with van der Waals surface area (Å²) in [6.45, 7) is 0. The standard InChI is InChI=1S/C18H12FN5O/c19-13-3-7-15(8-4-13)22-18(25)16-9-10-17(24-23-16)21-14-5-1-12(11-20)2-6-14/h1-10H,(H,21,24)(H,22,25). The molecule has 0 aliphatic rings. The third-order valence-corrected chi connectivity index (χ3v) is 3.29. The maximum Gasteiger partial charge on any atom is 0.276 e. The topological polar surface area (TPSA) is 90.7 Å². The number of aromatic nitrogens is 2. The van der Waals surface area contributed by atoms with Gasteiger partial charge in [-0.05, 0) is 60.7 Å². The Bertz CT molecular complexity index is 916. The molecule has 2 aromatic carbocycles. The fraction of sp³-hybridized carbons (Fsp3) is 0. The number of nitrogens with one attached hydrogen (secondary N) is 2. The average molecular weight is 333 g/mol. The number of anilines is 3. The fourth-order valence-electron chi connectivity index (χ4n) is 2.02. The molecule has 0 aliphatic carbocycles. The lowest BCUT2D eigenvalue weighted by Gasteiger charge is -2.06. The van der Waals surface area contributed by atoms with Crippen molar-refractivity contribution >= 4 is 23.1 Å². The Balaban J connectivity index is 1.65. The first-order chi connectivity index (χ1) is 12.1. The molecule has 1 heterocycles. The summed E-state index contributed by atoms with van der Waals surface area (Å²) in [5, 5.41) is 22.2. The van der Waals surface area contributed by atoms with Gasteiger partial charge in [-0.15, -0.1) is 10.2 Å².